The van der Waals surface area contributed by atoms with Gasteiger partial charge >= 0.3 is 11.9 Å². The molecule has 0 spiro atoms. The van der Waals surface area contributed by atoms with Crippen LogP contribution in [0.3, 0.4) is 0 Å². The minimum atomic E-state index is -1.77. The highest BCUT2D eigenvalue weighted by atomic mass is 16.7. The van der Waals surface area contributed by atoms with Gasteiger partial charge in [0.05, 0.1) is 24.3 Å². The number of nitriles is 1. The van der Waals surface area contributed by atoms with Crippen LogP contribution in [0.5, 0.6) is 0 Å². The fourth-order valence-corrected chi connectivity index (χ4v) is 4.73. The average Bonchev–Trinajstić information content (AvgIpc) is 3.01. The number of hydrogen-bond acceptors (Lipinski definition) is 12. The number of carbonyl (C=O) groups is 2. The lowest BCUT2D eigenvalue weighted by Crippen LogP contribution is -2.61. The molecule has 4 rings (SSSR count). The Kier molecular flexibility index (Phi) is 10.6. The van der Waals surface area contributed by atoms with Gasteiger partial charge in [0.25, 0.3) is 0 Å². The summed E-state index contributed by atoms with van der Waals surface area (Å²) in [6.07, 6.45) is -10.4. The maximum Gasteiger partial charge on any atom is 0.338 e. The number of nitrogens with zero attached hydrogens (tertiary/aromatic N) is 1. The predicted molar refractivity (Wildman–Crippen MR) is 144 cm³/mol. The van der Waals surface area contributed by atoms with E-state index in [9.17, 15) is 40.4 Å². The van der Waals surface area contributed by atoms with E-state index in [0.717, 1.165) is 12.2 Å². The van der Waals surface area contributed by atoms with Crippen molar-refractivity contribution in [2.24, 2.45) is 0 Å². The normalized spacial score (nSPS) is 32.3. The maximum atomic E-state index is 13.0. The number of rotatable bonds is 8. The van der Waals surface area contributed by atoms with Crippen molar-refractivity contribution in [3.63, 3.8) is 0 Å². The molecule has 222 valence electrons. The highest BCUT2D eigenvalue weighted by Crippen LogP contribution is 2.34. The van der Waals surface area contributed by atoms with Crippen molar-refractivity contribution < 1.29 is 54.1 Å². The van der Waals surface area contributed by atoms with Gasteiger partial charge in [-0.15, -0.1) is 0 Å². The summed E-state index contributed by atoms with van der Waals surface area (Å²) >= 11 is 0. The first-order valence-corrected chi connectivity index (χ1v) is 13.2. The van der Waals surface area contributed by atoms with Crippen LogP contribution in [0.1, 0.15) is 22.3 Å². The molecule has 1 aliphatic heterocycles. The van der Waals surface area contributed by atoms with Crippen molar-refractivity contribution >= 4 is 18.0 Å². The van der Waals surface area contributed by atoms with Gasteiger partial charge in [-0.3, -0.25) is 0 Å². The van der Waals surface area contributed by atoms with Gasteiger partial charge in [-0.2, -0.15) is 5.26 Å². The zero-order valence-corrected chi connectivity index (χ0v) is 22.2. The van der Waals surface area contributed by atoms with Gasteiger partial charge in [-0.1, -0.05) is 48.5 Å². The molecular weight excluding hydrogens is 550 g/mol. The van der Waals surface area contributed by atoms with Crippen LogP contribution in [-0.4, -0.2) is 99.2 Å². The Labute approximate surface area is 241 Å². The Bertz CT molecular complexity index is 1310. The zero-order valence-electron chi connectivity index (χ0n) is 22.2. The van der Waals surface area contributed by atoms with Crippen LogP contribution in [0.2, 0.25) is 0 Å². The molecule has 12 nitrogen and oxygen atoms in total. The van der Waals surface area contributed by atoms with Crippen LogP contribution >= 0.6 is 0 Å². The highest BCUT2D eigenvalue weighted by Gasteiger charge is 2.49. The number of benzene rings is 2. The van der Waals surface area contributed by atoms with Gasteiger partial charge in [0.1, 0.15) is 36.6 Å². The number of aliphatic hydroxyl groups excluding tert-OH is 5. The first-order valence-electron chi connectivity index (χ1n) is 13.2. The molecule has 1 aliphatic carbocycles. The lowest BCUT2D eigenvalue weighted by molar-refractivity contribution is -0.312. The molecule has 2 aliphatic rings. The number of esters is 2. The summed E-state index contributed by atoms with van der Waals surface area (Å²) in [5, 5.41) is 60.9. The molecule has 2 fully saturated rings. The van der Waals surface area contributed by atoms with Crippen LogP contribution < -0.4 is 0 Å². The fourth-order valence-electron chi connectivity index (χ4n) is 4.73. The molecule has 42 heavy (non-hydrogen) atoms. The standard InChI is InChI=1S/C30H31NO11/c31-14-13-19-20(40-30-27(37)26(36)25(35)22(16-32)41-30)15-21(39-29(38)18-9-5-2-6-10-18)28(24(19)34)42-23(33)12-11-17-7-3-1-4-8-17/h1-13,20-22,24-28,30,32,34-37H,15-16H2/b12-11+,19-13+/t20?,21-,22+,24-,25+,26-,27+,28-,30+/m0/s1. The van der Waals surface area contributed by atoms with E-state index in [0.29, 0.717) is 5.56 Å². The molecule has 0 aromatic heterocycles. The number of hydrogen-bond donors (Lipinski definition) is 5. The molecule has 0 amide bonds. The Balaban J connectivity index is 1.60. The van der Waals surface area contributed by atoms with Crippen LogP contribution in [0.25, 0.3) is 6.08 Å². The molecule has 2 aromatic carbocycles. The summed E-state index contributed by atoms with van der Waals surface area (Å²) in [5.41, 5.74) is 0.820. The largest absolute Gasteiger partial charge is 0.455 e. The van der Waals surface area contributed by atoms with E-state index < -0.39 is 73.7 Å². The predicted octanol–water partition coefficient (Wildman–Crippen LogP) is 0.237. The van der Waals surface area contributed by atoms with Crippen LogP contribution in [0.15, 0.2) is 78.4 Å². The number of carbonyl (C=O) groups excluding carboxylic acids is 2. The fraction of sp³-hybridized carbons (Fsp3) is 0.367. The number of aliphatic hydroxyl groups is 5. The summed E-state index contributed by atoms with van der Waals surface area (Å²) in [6, 6.07) is 18.6. The topological polar surface area (TPSA) is 196 Å². The first-order chi connectivity index (χ1) is 20.2. The van der Waals surface area contributed by atoms with Gasteiger partial charge in [0, 0.05) is 24.1 Å². The quantitative estimate of drug-likeness (QED) is 0.162. The first kappa shape index (κ1) is 31.0. The molecule has 1 unspecified atom stereocenters. The van der Waals surface area contributed by atoms with Crippen molar-refractivity contribution in [3.05, 3.63) is 89.5 Å². The van der Waals surface area contributed by atoms with E-state index in [1.807, 2.05) is 6.07 Å². The number of allylic oxidation sites excluding steroid dienone is 1. The second-order valence-electron chi connectivity index (χ2n) is 9.73. The lowest BCUT2D eigenvalue weighted by atomic mass is 9.84. The van der Waals surface area contributed by atoms with Crippen molar-refractivity contribution in [1.29, 1.82) is 5.26 Å². The third-order valence-electron chi connectivity index (χ3n) is 6.95. The summed E-state index contributed by atoms with van der Waals surface area (Å²) < 4.78 is 22.4. The summed E-state index contributed by atoms with van der Waals surface area (Å²) in [6.45, 7) is -0.704. The van der Waals surface area contributed by atoms with Crippen molar-refractivity contribution in [3.8, 4) is 6.07 Å². The molecule has 5 N–H and O–H groups in total. The molecule has 12 heteroatoms. The number of ether oxygens (including phenoxy) is 4. The summed E-state index contributed by atoms with van der Waals surface area (Å²) in [5.74, 6) is -1.64. The summed E-state index contributed by atoms with van der Waals surface area (Å²) in [4.78, 5) is 25.7. The molecule has 2 aromatic rings. The van der Waals surface area contributed by atoms with E-state index in [2.05, 4.69) is 0 Å². The summed E-state index contributed by atoms with van der Waals surface area (Å²) in [7, 11) is 0. The van der Waals surface area contributed by atoms with Crippen LogP contribution in [0.4, 0.5) is 0 Å². The van der Waals surface area contributed by atoms with Gasteiger partial charge in [-0.25, -0.2) is 9.59 Å². The van der Waals surface area contributed by atoms with Crippen molar-refractivity contribution in [2.75, 3.05) is 6.61 Å². The monoisotopic (exact) mass is 581 g/mol. The Morgan fingerprint density at radius 3 is 2.26 bits per heavy atom. The minimum Gasteiger partial charge on any atom is -0.455 e. The van der Waals surface area contributed by atoms with E-state index in [4.69, 9.17) is 18.9 Å². The molecule has 1 saturated heterocycles. The zero-order chi connectivity index (χ0) is 30.2. The Hall–Kier alpha value is -3.93. The van der Waals surface area contributed by atoms with Gasteiger partial charge in [0.15, 0.2) is 12.4 Å². The van der Waals surface area contributed by atoms with Crippen LogP contribution in [0, 0.1) is 11.3 Å². The van der Waals surface area contributed by atoms with Gasteiger partial charge in [-0.05, 0) is 23.8 Å². The average molecular weight is 582 g/mol. The minimum absolute atomic E-state index is 0.0775. The van der Waals surface area contributed by atoms with Gasteiger partial charge < -0.3 is 44.5 Å². The maximum absolute atomic E-state index is 13.0. The van der Waals surface area contributed by atoms with E-state index >= 15 is 0 Å². The highest BCUT2D eigenvalue weighted by molar-refractivity contribution is 5.89. The SMILES string of the molecule is N#C/C=C1\C(O[C@@H]2O[C@H](CO)[C@@H](O)[C@H](O)[C@H]2O)C[C@H](OC(=O)c2ccccc2)[C@H](OC(=O)/C=C/c2ccccc2)[C@H]1O. The molecule has 9 atom stereocenters. The van der Waals surface area contributed by atoms with E-state index in [-0.39, 0.29) is 17.6 Å². The second-order valence-corrected chi connectivity index (χ2v) is 9.73. The Morgan fingerprint density at radius 2 is 1.62 bits per heavy atom. The smallest absolute Gasteiger partial charge is 0.338 e. The van der Waals surface area contributed by atoms with Crippen molar-refractivity contribution in [2.45, 2.75) is 61.5 Å². The van der Waals surface area contributed by atoms with Crippen molar-refractivity contribution in [1.82, 2.24) is 0 Å². The third kappa shape index (κ3) is 7.28. The van der Waals surface area contributed by atoms with E-state index in [1.54, 1.807) is 48.5 Å². The lowest BCUT2D eigenvalue weighted by Gasteiger charge is -2.44. The molecule has 1 saturated carbocycles. The molecule has 0 radical (unpaired) electrons. The van der Waals surface area contributed by atoms with Crippen LogP contribution in [-0.2, 0) is 23.7 Å². The molecule has 0 bridgehead atoms. The van der Waals surface area contributed by atoms with E-state index in [1.165, 1.54) is 18.2 Å². The Morgan fingerprint density at radius 1 is 0.952 bits per heavy atom. The second kappa shape index (κ2) is 14.3. The third-order valence-corrected chi connectivity index (χ3v) is 6.95. The molecular formula is C30H31NO11. The molecule has 1 heterocycles. The van der Waals surface area contributed by atoms with Gasteiger partial charge in [0.2, 0.25) is 0 Å².